The number of hydrogen-bond acceptors (Lipinski definition) is 6. The highest BCUT2D eigenvalue weighted by Crippen LogP contribution is 2.39. The topological polar surface area (TPSA) is 64.6 Å². The zero-order valence-electron chi connectivity index (χ0n) is 14.5. The zero-order chi connectivity index (χ0) is 17.2. The van der Waals surface area contributed by atoms with Crippen LogP contribution >= 0.6 is 21.6 Å². The van der Waals surface area contributed by atoms with Crippen LogP contribution in [-0.2, 0) is 14.3 Å². The van der Waals surface area contributed by atoms with Gasteiger partial charge in [0.1, 0.15) is 6.10 Å². The van der Waals surface area contributed by atoms with Gasteiger partial charge in [0.2, 0.25) is 0 Å². The first-order valence-corrected chi connectivity index (χ1v) is 11.5. The Bertz CT molecular complexity index is 394. The molecule has 1 aliphatic heterocycles. The van der Waals surface area contributed by atoms with Crippen molar-refractivity contribution in [3.63, 3.8) is 0 Å². The number of unbranched alkanes of at least 4 members (excludes halogenated alkanes) is 1. The van der Waals surface area contributed by atoms with Gasteiger partial charge in [-0.1, -0.05) is 28.0 Å². The highest BCUT2D eigenvalue weighted by Gasteiger charge is 2.25. The lowest BCUT2D eigenvalue weighted by molar-refractivity contribution is -0.150. The number of ether oxygens (including phenoxy) is 2. The van der Waals surface area contributed by atoms with Gasteiger partial charge in [-0.3, -0.25) is 4.79 Å². The van der Waals surface area contributed by atoms with E-state index in [9.17, 15) is 9.59 Å². The molecule has 1 saturated carbocycles. The minimum atomic E-state index is -0.350. The molecule has 5 nitrogen and oxygen atoms in total. The zero-order valence-corrected chi connectivity index (χ0v) is 16.1. The van der Waals surface area contributed by atoms with Gasteiger partial charge in [-0.2, -0.15) is 0 Å². The predicted octanol–water partition coefficient (Wildman–Crippen LogP) is 4.30. The number of amides is 1. The molecule has 1 saturated heterocycles. The molecule has 1 aliphatic carbocycles. The van der Waals surface area contributed by atoms with Crippen molar-refractivity contribution in [2.24, 2.45) is 0 Å². The van der Waals surface area contributed by atoms with Gasteiger partial charge in [0, 0.05) is 23.5 Å². The van der Waals surface area contributed by atoms with Crippen molar-refractivity contribution in [1.29, 1.82) is 0 Å². The van der Waals surface area contributed by atoms with E-state index in [0.29, 0.717) is 13.0 Å². The fourth-order valence-corrected chi connectivity index (χ4v) is 6.14. The maximum absolute atomic E-state index is 11.9. The first-order valence-electron chi connectivity index (χ1n) is 9.08. The summed E-state index contributed by atoms with van der Waals surface area (Å²) < 4.78 is 10.5. The maximum Gasteiger partial charge on any atom is 0.407 e. The average molecular weight is 376 g/mol. The van der Waals surface area contributed by atoms with Crippen molar-refractivity contribution in [3.05, 3.63) is 0 Å². The third-order valence-electron chi connectivity index (χ3n) is 4.45. The highest BCUT2D eigenvalue weighted by molar-refractivity contribution is 8.77. The van der Waals surface area contributed by atoms with E-state index in [0.717, 1.165) is 43.8 Å². The molecule has 1 amide bonds. The summed E-state index contributed by atoms with van der Waals surface area (Å²) in [7, 11) is 3.97. The molecule has 0 bridgehead atoms. The van der Waals surface area contributed by atoms with Crippen LogP contribution in [0.2, 0.25) is 0 Å². The third kappa shape index (κ3) is 7.55. The molecule has 0 spiro atoms. The smallest absolute Gasteiger partial charge is 0.407 e. The van der Waals surface area contributed by atoms with Crippen LogP contribution in [0.15, 0.2) is 0 Å². The Hall–Kier alpha value is -0.560. The summed E-state index contributed by atoms with van der Waals surface area (Å²) in [5.41, 5.74) is 0. The Kier molecular flexibility index (Phi) is 9.17. The summed E-state index contributed by atoms with van der Waals surface area (Å²) in [6, 6.07) is 0.140. The van der Waals surface area contributed by atoms with Crippen LogP contribution in [0.3, 0.4) is 0 Å². The first-order chi connectivity index (χ1) is 11.7. The highest BCUT2D eigenvalue weighted by atomic mass is 33.1. The standard InChI is InChI=1S/C17H29NO4S2/c1-2-21-17(20)18-13-7-9-14(10-8-13)22-16(19)6-4-3-5-15-11-12-23-24-15/h13-15H,2-12H2,1H3,(H,18,20). The Morgan fingerprint density at radius 1 is 1.12 bits per heavy atom. The molecule has 0 aromatic carbocycles. The average Bonchev–Trinajstić information content (AvgIpc) is 3.07. The molecule has 138 valence electrons. The molecule has 0 radical (unpaired) electrons. The quantitative estimate of drug-likeness (QED) is 0.388. The van der Waals surface area contributed by atoms with E-state index in [1.54, 1.807) is 6.92 Å². The summed E-state index contributed by atoms with van der Waals surface area (Å²) in [5.74, 6) is 1.20. The van der Waals surface area contributed by atoms with Crippen LogP contribution in [-0.4, -0.2) is 41.8 Å². The Balaban J connectivity index is 1.51. The van der Waals surface area contributed by atoms with E-state index in [2.05, 4.69) is 5.32 Å². The lowest BCUT2D eigenvalue weighted by Gasteiger charge is -2.28. The van der Waals surface area contributed by atoms with E-state index in [1.807, 2.05) is 21.6 Å². The van der Waals surface area contributed by atoms with Crippen LogP contribution in [0, 0.1) is 0 Å². The Morgan fingerprint density at radius 2 is 1.92 bits per heavy atom. The van der Waals surface area contributed by atoms with Gasteiger partial charge in [-0.15, -0.1) is 0 Å². The molecule has 0 aromatic rings. The number of nitrogens with one attached hydrogen (secondary N) is 1. The fraction of sp³-hybridized carbons (Fsp3) is 0.882. The number of carbonyl (C=O) groups excluding carboxylic acids is 2. The number of alkyl carbamates (subject to hydrolysis) is 1. The molecule has 1 unspecified atom stereocenters. The molecular formula is C17H29NO4S2. The van der Waals surface area contributed by atoms with Crippen molar-refractivity contribution in [3.8, 4) is 0 Å². The maximum atomic E-state index is 11.9. The van der Waals surface area contributed by atoms with Crippen LogP contribution < -0.4 is 5.32 Å². The molecule has 2 rings (SSSR count). The van der Waals surface area contributed by atoms with Crippen molar-refractivity contribution in [2.45, 2.75) is 82.1 Å². The van der Waals surface area contributed by atoms with Gasteiger partial charge >= 0.3 is 12.1 Å². The number of esters is 1. The molecule has 1 N–H and O–H groups in total. The van der Waals surface area contributed by atoms with E-state index in [-0.39, 0.29) is 24.2 Å². The van der Waals surface area contributed by atoms with Crippen molar-refractivity contribution in [2.75, 3.05) is 12.4 Å². The van der Waals surface area contributed by atoms with Crippen molar-refractivity contribution < 1.29 is 19.1 Å². The summed E-state index contributed by atoms with van der Waals surface area (Å²) in [4.78, 5) is 23.3. The molecule has 0 aromatic heterocycles. The van der Waals surface area contributed by atoms with E-state index < -0.39 is 0 Å². The number of hydrogen-bond donors (Lipinski definition) is 1. The lowest BCUT2D eigenvalue weighted by atomic mass is 9.93. The van der Waals surface area contributed by atoms with Crippen LogP contribution in [0.1, 0.15) is 64.7 Å². The third-order valence-corrected chi connectivity index (χ3v) is 7.46. The van der Waals surface area contributed by atoms with Crippen LogP contribution in [0.25, 0.3) is 0 Å². The van der Waals surface area contributed by atoms with Crippen molar-refractivity contribution in [1.82, 2.24) is 5.32 Å². The molecular weight excluding hydrogens is 346 g/mol. The summed E-state index contributed by atoms with van der Waals surface area (Å²) in [6.07, 6.45) is 8.09. The second-order valence-corrected chi connectivity index (χ2v) is 9.19. The molecule has 2 fully saturated rings. The summed E-state index contributed by atoms with van der Waals surface area (Å²) in [6.45, 7) is 2.18. The number of carbonyl (C=O) groups is 2. The largest absolute Gasteiger partial charge is 0.462 e. The van der Waals surface area contributed by atoms with Gasteiger partial charge in [0.25, 0.3) is 0 Å². The van der Waals surface area contributed by atoms with Gasteiger partial charge in [-0.05, 0) is 51.9 Å². The van der Waals surface area contributed by atoms with Crippen molar-refractivity contribution >= 4 is 33.7 Å². The molecule has 7 heteroatoms. The lowest BCUT2D eigenvalue weighted by Crippen LogP contribution is -2.39. The Labute approximate surface area is 152 Å². The summed E-state index contributed by atoms with van der Waals surface area (Å²) in [5, 5.41) is 3.64. The minimum absolute atomic E-state index is 0.0135. The van der Waals surface area contributed by atoms with E-state index in [4.69, 9.17) is 9.47 Å². The van der Waals surface area contributed by atoms with Crippen LogP contribution in [0.5, 0.6) is 0 Å². The molecule has 1 heterocycles. The first kappa shape index (κ1) is 19.8. The van der Waals surface area contributed by atoms with Gasteiger partial charge in [0.05, 0.1) is 6.61 Å². The van der Waals surface area contributed by atoms with E-state index >= 15 is 0 Å². The van der Waals surface area contributed by atoms with Gasteiger partial charge in [0.15, 0.2) is 0 Å². The second kappa shape index (κ2) is 11.1. The predicted molar refractivity (Wildman–Crippen MR) is 99.2 cm³/mol. The van der Waals surface area contributed by atoms with E-state index in [1.165, 1.54) is 18.6 Å². The summed E-state index contributed by atoms with van der Waals surface area (Å²) >= 11 is 0. The molecule has 2 aliphatic rings. The molecule has 24 heavy (non-hydrogen) atoms. The number of rotatable bonds is 8. The monoisotopic (exact) mass is 375 g/mol. The molecule has 1 atom stereocenters. The fourth-order valence-electron chi connectivity index (χ4n) is 3.12. The normalized spacial score (nSPS) is 26.8. The minimum Gasteiger partial charge on any atom is -0.462 e. The van der Waals surface area contributed by atoms with Gasteiger partial charge < -0.3 is 14.8 Å². The van der Waals surface area contributed by atoms with Gasteiger partial charge in [-0.25, -0.2) is 4.79 Å². The SMILES string of the molecule is CCOC(=O)NC1CCC(OC(=O)CCCCC2CCSS2)CC1. The van der Waals surface area contributed by atoms with Crippen LogP contribution in [0.4, 0.5) is 4.79 Å². The Morgan fingerprint density at radius 3 is 2.58 bits per heavy atom. The second-order valence-electron chi connectivity index (χ2n) is 6.40.